The first kappa shape index (κ1) is 9.89. The number of fused-ring (bicyclic) bond motifs is 3. The van der Waals surface area contributed by atoms with Crippen molar-refractivity contribution < 1.29 is 0 Å². The van der Waals surface area contributed by atoms with Crippen LogP contribution in [0.25, 0.3) is 0 Å². The van der Waals surface area contributed by atoms with Crippen LogP contribution in [0.2, 0.25) is 0 Å². The second kappa shape index (κ2) is 2.88. The van der Waals surface area contributed by atoms with Gasteiger partial charge in [0.05, 0.1) is 24.7 Å². The second-order valence-corrected chi connectivity index (χ2v) is 5.69. The summed E-state index contributed by atoms with van der Waals surface area (Å²) in [6.45, 7) is 7.58. The quantitative estimate of drug-likeness (QED) is 0.760. The molecule has 2 aliphatic rings. The molecule has 1 aromatic rings. The van der Waals surface area contributed by atoms with E-state index in [9.17, 15) is 0 Å². The molecule has 1 saturated carbocycles. The second-order valence-electron chi connectivity index (χ2n) is 5.69. The third kappa shape index (κ3) is 1.05. The monoisotopic (exact) mass is 215 g/mol. The number of aryl methyl sites for hydroxylation is 2. The van der Waals surface area contributed by atoms with Crippen LogP contribution in [0.15, 0.2) is 0 Å². The van der Waals surface area contributed by atoms with Crippen LogP contribution in [0.1, 0.15) is 43.1 Å². The Balaban J connectivity index is 1.96. The third-order valence-corrected chi connectivity index (χ3v) is 4.49. The normalized spacial score (nSPS) is 28.4. The first-order chi connectivity index (χ1) is 7.57. The molecule has 2 atom stereocenters. The van der Waals surface area contributed by atoms with E-state index in [1.54, 1.807) is 0 Å². The molecule has 1 aromatic heterocycles. The number of aromatic nitrogens is 2. The summed E-state index contributed by atoms with van der Waals surface area (Å²) in [7, 11) is 0. The molecule has 0 saturated heterocycles. The molecular formula is C13H17N3. The van der Waals surface area contributed by atoms with Crippen LogP contribution in [0, 0.1) is 29.6 Å². The average Bonchev–Trinajstić information content (AvgIpc) is 2.62. The third-order valence-electron chi connectivity index (χ3n) is 4.49. The molecule has 0 N–H and O–H groups in total. The van der Waals surface area contributed by atoms with Crippen molar-refractivity contribution in [2.75, 3.05) is 0 Å². The zero-order valence-corrected chi connectivity index (χ0v) is 10.1. The summed E-state index contributed by atoms with van der Waals surface area (Å²) in [6.07, 6.45) is 1.73. The van der Waals surface area contributed by atoms with Gasteiger partial charge in [0.25, 0.3) is 0 Å². The van der Waals surface area contributed by atoms with Gasteiger partial charge in [-0.25, -0.2) is 0 Å². The van der Waals surface area contributed by atoms with E-state index in [1.807, 2.05) is 0 Å². The molecular weight excluding hydrogens is 198 g/mol. The molecule has 3 rings (SSSR count). The summed E-state index contributed by atoms with van der Waals surface area (Å²) in [6, 6.07) is 2.19. The summed E-state index contributed by atoms with van der Waals surface area (Å²) in [5.41, 5.74) is 4.57. The zero-order valence-electron chi connectivity index (χ0n) is 10.1. The van der Waals surface area contributed by atoms with Gasteiger partial charge in [-0.3, -0.25) is 4.68 Å². The number of hydrogen-bond acceptors (Lipinski definition) is 2. The van der Waals surface area contributed by atoms with Gasteiger partial charge in [-0.05, 0) is 30.6 Å². The summed E-state index contributed by atoms with van der Waals surface area (Å²) >= 11 is 0. The van der Waals surface area contributed by atoms with Gasteiger partial charge in [-0.15, -0.1) is 0 Å². The fourth-order valence-electron chi connectivity index (χ4n) is 3.51. The van der Waals surface area contributed by atoms with Crippen LogP contribution in [0.5, 0.6) is 0 Å². The summed E-state index contributed by atoms with van der Waals surface area (Å²) in [4.78, 5) is 0. The maximum absolute atomic E-state index is 8.64. The van der Waals surface area contributed by atoms with Crippen molar-refractivity contribution >= 4 is 0 Å². The summed E-state index contributed by atoms with van der Waals surface area (Å²) < 4.78 is 2.07. The molecule has 2 unspecified atom stereocenters. The minimum Gasteiger partial charge on any atom is -0.268 e. The van der Waals surface area contributed by atoms with E-state index < -0.39 is 0 Å². The van der Waals surface area contributed by atoms with Gasteiger partial charge in [0.15, 0.2) is 0 Å². The van der Waals surface area contributed by atoms with Crippen LogP contribution in [-0.4, -0.2) is 9.78 Å². The minimum atomic E-state index is 0.487. The molecule has 0 aliphatic heterocycles. The topological polar surface area (TPSA) is 41.6 Å². The molecule has 0 aromatic carbocycles. The molecule has 3 nitrogen and oxygen atoms in total. The Kier molecular flexibility index (Phi) is 1.78. The SMILES string of the molecule is Cc1nn(CCC#N)c2c1C1C(C2)C1(C)C. The molecule has 2 aliphatic carbocycles. The van der Waals surface area contributed by atoms with E-state index in [1.165, 1.54) is 23.4 Å². The Hall–Kier alpha value is -1.30. The molecule has 3 heteroatoms. The Morgan fingerprint density at radius 3 is 3.00 bits per heavy atom. The predicted molar refractivity (Wildman–Crippen MR) is 60.9 cm³/mol. The van der Waals surface area contributed by atoms with Gasteiger partial charge in [-0.2, -0.15) is 10.4 Å². The van der Waals surface area contributed by atoms with Crippen molar-refractivity contribution in [3.05, 3.63) is 17.0 Å². The Bertz CT molecular complexity index is 490. The Morgan fingerprint density at radius 2 is 2.31 bits per heavy atom. The fraction of sp³-hybridized carbons (Fsp3) is 0.692. The lowest BCUT2D eigenvalue weighted by Gasteiger charge is -2.09. The highest BCUT2D eigenvalue weighted by Crippen LogP contribution is 2.70. The number of hydrogen-bond donors (Lipinski definition) is 0. The number of nitriles is 1. The smallest absolute Gasteiger partial charge is 0.0641 e. The van der Waals surface area contributed by atoms with Crippen molar-refractivity contribution in [1.29, 1.82) is 5.26 Å². The van der Waals surface area contributed by atoms with Crippen molar-refractivity contribution in [1.82, 2.24) is 9.78 Å². The van der Waals surface area contributed by atoms with Crippen molar-refractivity contribution in [3.8, 4) is 6.07 Å². The van der Waals surface area contributed by atoms with E-state index in [-0.39, 0.29) is 0 Å². The zero-order chi connectivity index (χ0) is 11.5. The van der Waals surface area contributed by atoms with Gasteiger partial charge in [0, 0.05) is 11.3 Å². The summed E-state index contributed by atoms with van der Waals surface area (Å²) in [5.74, 6) is 1.56. The van der Waals surface area contributed by atoms with E-state index in [0.717, 1.165) is 18.4 Å². The predicted octanol–water partition coefficient (Wildman–Crippen LogP) is 2.40. The van der Waals surface area contributed by atoms with Gasteiger partial charge >= 0.3 is 0 Å². The highest BCUT2D eigenvalue weighted by atomic mass is 15.3. The van der Waals surface area contributed by atoms with E-state index in [4.69, 9.17) is 5.26 Å². The average molecular weight is 215 g/mol. The number of rotatable bonds is 2. The van der Waals surface area contributed by atoms with Crippen molar-refractivity contribution in [2.24, 2.45) is 11.3 Å². The molecule has 0 spiro atoms. The van der Waals surface area contributed by atoms with Crippen LogP contribution in [0.3, 0.4) is 0 Å². The molecule has 16 heavy (non-hydrogen) atoms. The van der Waals surface area contributed by atoms with E-state index in [2.05, 4.69) is 36.6 Å². The summed E-state index contributed by atoms with van der Waals surface area (Å²) in [5, 5.41) is 13.2. The first-order valence-corrected chi connectivity index (χ1v) is 6.00. The largest absolute Gasteiger partial charge is 0.268 e. The van der Waals surface area contributed by atoms with Gasteiger partial charge in [0.2, 0.25) is 0 Å². The molecule has 84 valence electrons. The Labute approximate surface area is 96.1 Å². The molecule has 0 amide bonds. The molecule has 1 fully saturated rings. The van der Waals surface area contributed by atoms with Gasteiger partial charge in [-0.1, -0.05) is 13.8 Å². The van der Waals surface area contributed by atoms with Crippen LogP contribution >= 0.6 is 0 Å². The first-order valence-electron chi connectivity index (χ1n) is 6.00. The Morgan fingerprint density at radius 1 is 1.56 bits per heavy atom. The number of nitrogens with zero attached hydrogens (tertiary/aromatic N) is 3. The molecule has 1 heterocycles. The van der Waals surface area contributed by atoms with Crippen LogP contribution in [0.4, 0.5) is 0 Å². The van der Waals surface area contributed by atoms with Gasteiger partial charge < -0.3 is 0 Å². The standard InChI is InChI=1S/C13H17N3/c1-8-11-10(16(15-8)6-4-5-14)7-9-12(11)13(9,2)3/h9,12H,4,6-7H2,1-3H3. The van der Waals surface area contributed by atoms with E-state index in [0.29, 0.717) is 11.8 Å². The lowest BCUT2D eigenvalue weighted by atomic mass is 9.98. The molecule has 0 bridgehead atoms. The van der Waals surface area contributed by atoms with Crippen LogP contribution < -0.4 is 0 Å². The van der Waals surface area contributed by atoms with E-state index >= 15 is 0 Å². The van der Waals surface area contributed by atoms with Gasteiger partial charge in [0.1, 0.15) is 0 Å². The molecule has 0 radical (unpaired) electrons. The highest BCUT2D eigenvalue weighted by molar-refractivity contribution is 5.45. The van der Waals surface area contributed by atoms with Crippen molar-refractivity contribution in [3.63, 3.8) is 0 Å². The lowest BCUT2D eigenvalue weighted by molar-refractivity contribution is 0.514. The fourth-order valence-corrected chi connectivity index (χ4v) is 3.51. The van der Waals surface area contributed by atoms with Crippen LogP contribution in [-0.2, 0) is 13.0 Å². The lowest BCUT2D eigenvalue weighted by Crippen LogP contribution is -2.07. The van der Waals surface area contributed by atoms with Crippen molar-refractivity contribution in [2.45, 2.75) is 46.1 Å². The minimum absolute atomic E-state index is 0.487. The maximum Gasteiger partial charge on any atom is 0.0641 e. The maximum atomic E-state index is 8.64. The highest BCUT2D eigenvalue weighted by Gasteiger charge is 2.63.